The molecule has 0 saturated carbocycles. The highest BCUT2D eigenvalue weighted by Gasteiger charge is 2.00. The van der Waals surface area contributed by atoms with Crippen molar-refractivity contribution in [3.05, 3.63) is 65.2 Å². The summed E-state index contributed by atoms with van der Waals surface area (Å²) in [6, 6.07) is 16.5. The maximum atomic E-state index is 5.79. The second-order valence-corrected chi connectivity index (χ2v) is 4.22. The molecule has 0 aromatic heterocycles. The van der Waals surface area contributed by atoms with Crippen LogP contribution in [0.3, 0.4) is 0 Å². The van der Waals surface area contributed by atoms with Gasteiger partial charge in [0.1, 0.15) is 12.4 Å². The van der Waals surface area contributed by atoms with Gasteiger partial charge in [-0.05, 0) is 42.2 Å². The van der Waals surface area contributed by atoms with Crippen LogP contribution in [0, 0.1) is 6.92 Å². The predicted octanol–water partition coefficient (Wildman–Crippen LogP) is 4.14. The summed E-state index contributed by atoms with van der Waals surface area (Å²) in [4.78, 5) is 0. The molecule has 0 bridgehead atoms. The van der Waals surface area contributed by atoms with Gasteiger partial charge in [0, 0.05) is 0 Å². The van der Waals surface area contributed by atoms with Crippen LogP contribution in [0.1, 0.15) is 23.6 Å². The molecule has 0 fully saturated rings. The third kappa shape index (κ3) is 3.10. The number of hydrogen-bond acceptors (Lipinski definition) is 1. The van der Waals surface area contributed by atoms with Crippen molar-refractivity contribution >= 4 is 0 Å². The minimum atomic E-state index is 0.632. The van der Waals surface area contributed by atoms with Gasteiger partial charge in [-0.1, -0.05) is 43.3 Å². The first-order chi connectivity index (χ1) is 8.29. The van der Waals surface area contributed by atoms with Crippen LogP contribution >= 0.6 is 0 Å². The Morgan fingerprint density at radius 2 is 1.76 bits per heavy atom. The van der Waals surface area contributed by atoms with E-state index in [1.165, 1.54) is 16.7 Å². The minimum absolute atomic E-state index is 0.632. The van der Waals surface area contributed by atoms with Crippen molar-refractivity contribution in [2.24, 2.45) is 0 Å². The highest BCUT2D eigenvalue weighted by atomic mass is 16.5. The van der Waals surface area contributed by atoms with Gasteiger partial charge in [-0.2, -0.15) is 0 Å². The van der Waals surface area contributed by atoms with Gasteiger partial charge >= 0.3 is 0 Å². The fourth-order valence-corrected chi connectivity index (χ4v) is 1.86. The lowest BCUT2D eigenvalue weighted by Gasteiger charge is -2.09. The maximum absolute atomic E-state index is 5.79. The summed E-state index contributed by atoms with van der Waals surface area (Å²) in [6.07, 6.45) is 1.05. The standard InChI is InChI=1S/C16H18O/c1-3-15-11-16(10-9-13(15)2)17-12-14-7-5-4-6-8-14/h4-11H,3,12H2,1-2H3. The third-order valence-electron chi connectivity index (χ3n) is 2.95. The summed E-state index contributed by atoms with van der Waals surface area (Å²) >= 11 is 0. The van der Waals surface area contributed by atoms with Gasteiger partial charge in [-0.25, -0.2) is 0 Å². The van der Waals surface area contributed by atoms with Crippen LogP contribution in [0.4, 0.5) is 0 Å². The Morgan fingerprint density at radius 3 is 2.47 bits per heavy atom. The van der Waals surface area contributed by atoms with Gasteiger partial charge in [0.2, 0.25) is 0 Å². The minimum Gasteiger partial charge on any atom is -0.489 e. The third-order valence-corrected chi connectivity index (χ3v) is 2.95. The normalized spacial score (nSPS) is 10.2. The lowest BCUT2D eigenvalue weighted by molar-refractivity contribution is 0.306. The fraction of sp³-hybridized carbons (Fsp3) is 0.250. The molecule has 0 aliphatic rings. The number of benzene rings is 2. The molecule has 0 aliphatic carbocycles. The van der Waals surface area contributed by atoms with Gasteiger partial charge in [0.15, 0.2) is 0 Å². The molecule has 88 valence electrons. The average Bonchev–Trinajstić information content (AvgIpc) is 2.39. The van der Waals surface area contributed by atoms with E-state index in [1.54, 1.807) is 0 Å². The van der Waals surface area contributed by atoms with Gasteiger partial charge in [-0.15, -0.1) is 0 Å². The van der Waals surface area contributed by atoms with E-state index in [-0.39, 0.29) is 0 Å². The van der Waals surface area contributed by atoms with E-state index in [0.717, 1.165) is 12.2 Å². The summed E-state index contributed by atoms with van der Waals surface area (Å²) in [6.45, 7) is 4.94. The van der Waals surface area contributed by atoms with E-state index in [9.17, 15) is 0 Å². The number of ether oxygens (including phenoxy) is 1. The first-order valence-electron chi connectivity index (χ1n) is 6.06. The van der Waals surface area contributed by atoms with Gasteiger partial charge < -0.3 is 4.74 Å². The van der Waals surface area contributed by atoms with Crippen molar-refractivity contribution in [1.29, 1.82) is 0 Å². The number of aryl methyl sites for hydroxylation is 2. The zero-order valence-corrected chi connectivity index (χ0v) is 10.4. The Labute approximate surface area is 103 Å². The number of hydrogen-bond donors (Lipinski definition) is 0. The summed E-state index contributed by atoms with van der Waals surface area (Å²) in [5.41, 5.74) is 3.89. The second kappa shape index (κ2) is 5.53. The molecule has 2 aromatic carbocycles. The van der Waals surface area contributed by atoms with Crippen molar-refractivity contribution < 1.29 is 4.74 Å². The van der Waals surface area contributed by atoms with Crippen molar-refractivity contribution in [2.45, 2.75) is 26.9 Å². The van der Waals surface area contributed by atoms with Crippen LogP contribution in [0.25, 0.3) is 0 Å². The van der Waals surface area contributed by atoms with Crippen molar-refractivity contribution in [3.8, 4) is 5.75 Å². The molecular formula is C16H18O. The molecule has 0 aliphatic heterocycles. The Hall–Kier alpha value is -1.76. The largest absolute Gasteiger partial charge is 0.489 e. The zero-order valence-electron chi connectivity index (χ0n) is 10.4. The highest BCUT2D eigenvalue weighted by Crippen LogP contribution is 2.18. The zero-order chi connectivity index (χ0) is 12.1. The van der Waals surface area contributed by atoms with Gasteiger partial charge in [0.05, 0.1) is 0 Å². The lowest BCUT2D eigenvalue weighted by Crippen LogP contribution is -1.96. The van der Waals surface area contributed by atoms with E-state index >= 15 is 0 Å². The van der Waals surface area contributed by atoms with Crippen molar-refractivity contribution in [3.63, 3.8) is 0 Å². The molecule has 0 spiro atoms. The van der Waals surface area contributed by atoms with E-state index in [2.05, 4.69) is 38.1 Å². The van der Waals surface area contributed by atoms with Crippen molar-refractivity contribution in [1.82, 2.24) is 0 Å². The Balaban J connectivity index is 2.04. The van der Waals surface area contributed by atoms with Crippen molar-refractivity contribution in [2.75, 3.05) is 0 Å². The Bertz CT molecular complexity index is 474. The van der Waals surface area contributed by atoms with Crippen LogP contribution in [-0.4, -0.2) is 0 Å². The van der Waals surface area contributed by atoms with Gasteiger partial charge in [0.25, 0.3) is 0 Å². The summed E-state index contributed by atoms with van der Waals surface area (Å²) in [7, 11) is 0. The van der Waals surface area contributed by atoms with Crippen LogP contribution in [-0.2, 0) is 13.0 Å². The molecule has 0 atom stereocenters. The highest BCUT2D eigenvalue weighted by molar-refractivity contribution is 5.35. The molecule has 1 nitrogen and oxygen atoms in total. The van der Waals surface area contributed by atoms with E-state index < -0.39 is 0 Å². The Morgan fingerprint density at radius 1 is 1.00 bits per heavy atom. The molecule has 0 amide bonds. The second-order valence-electron chi connectivity index (χ2n) is 4.22. The SMILES string of the molecule is CCc1cc(OCc2ccccc2)ccc1C. The average molecular weight is 226 g/mol. The molecule has 0 unspecified atom stereocenters. The molecule has 1 heteroatoms. The van der Waals surface area contributed by atoms with E-state index in [4.69, 9.17) is 4.74 Å². The molecular weight excluding hydrogens is 208 g/mol. The maximum Gasteiger partial charge on any atom is 0.120 e. The van der Waals surface area contributed by atoms with Crippen LogP contribution < -0.4 is 4.74 Å². The molecule has 0 N–H and O–H groups in total. The molecule has 0 saturated heterocycles. The topological polar surface area (TPSA) is 9.23 Å². The molecule has 2 aromatic rings. The van der Waals surface area contributed by atoms with E-state index in [1.807, 2.05) is 24.3 Å². The monoisotopic (exact) mass is 226 g/mol. The number of rotatable bonds is 4. The fourth-order valence-electron chi connectivity index (χ4n) is 1.86. The quantitative estimate of drug-likeness (QED) is 0.761. The summed E-state index contributed by atoms with van der Waals surface area (Å²) in [5, 5.41) is 0. The predicted molar refractivity (Wildman–Crippen MR) is 71.3 cm³/mol. The summed E-state index contributed by atoms with van der Waals surface area (Å²) in [5.74, 6) is 0.955. The molecule has 2 rings (SSSR count). The Kier molecular flexibility index (Phi) is 3.81. The molecule has 17 heavy (non-hydrogen) atoms. The molecule has 0 radical (unpaired) electrons. The summed E-state index contributed by atoms with van der Waals surface area (Å²) < 4.78 is 5.79. The van der Waals surface area contributed by atoms with Crippen LogP contribution in [0.15, 0.2) is 48.5 Å². The molecule has 0 heterocycles. The lowest BCUT2D eigenvalue weighted by atomic mass is 10.1. The van der Waals surface area contributed by atoms with Crippen LogP contribution in [0.5, 0.6) is 5.75 Å². The van der Waals surface area contributed by atoms with Crippen LogP contribution in [0.2, 0.25) is 0 Å². The van der Waals surface area contributed by atoms with E-state index in [0.29, 0.717) is 6.61 Å². The smallest absolute Gasteiger partial charge is 0.120 e. The first kappa shape index (κ1) is 11.7. The first-order valence-corrected chi connectivity index (χ1v) is 6.06. The van der Waals surface area contributed by atoms with Gasteiger partial charge in [-0.3, -0.25) is 0 Å².